The summed E-state index contributed by atoms with van der Waals surface area (Å²) in [5.41, 5.74) is 1.06. The monoisotopic (exact) mass is 271 g/mol. The van der Waals surface area contributed by atoms with Gasteiger partial charge in [-0.05, 0) is 36.5 Å². The minimum atomic E-state index is -3.26. The molecule has 1 heterocycles. The molecule has 3 nitrogen and oxygen atoms in total. The lowest BCUT2D eigenvalue weighted by molar-refractivity contribution is 0.573. The molecule has 0 unspecified atom stereocenters. The summed E-state index contributed by atoms with van der Waals surface area (Å²) in [4.78, 5) is 0. The number of benzene rings is 1. The fraction of sp³-hybridized carbons (Fsp3) is 0.538. The molecule has 2 rings (SSSR count). The third kappa shape index (κ3) is 2.51. The van der Waals surface area contributed by atoms with Crippen molar-refractivity contribution in [3.63, 3.8) is 0 Å². The van der Waals surface area contributed by atoms with Gasteiger partial charge in [0.2, 0.25) is 10.0 Å². The summed E-state index contributed by atoms with van der Waals surface area (Å²) in [7, 11) is -3.26. The molecule has 100 valence electrons. The van der Waals surface area contributed by atoms with Crippen LogP contribution in [0.5, 0.6) is 0 Å². The van der Waals surface area contributed by atoms with Gasteiger partial charge in [0.25, 0.3) is 0 Å². The smallest absolute Gasteiger partial charge is 0.235 e. The zero-order valence-electron chi connectivity index (χ0n) is 10.7. The summed E-state index contributed by atoms with van der Waals surface area (Å²) in [5.74, 6) is -0.0825. The second-order valence-corrected chi connectivity index (χ2v) is 6.97. The van der Waals surface area contributed by atoms with E-state index in [0.717, 1.165) is 6.42 Å². The van der Waals surface area contributed by atoms with Crippen LogP contribution in [-0.4, -0.2) is 20.7 Å². The van der Waals surface area contributed by atoms with Crippen LogP contribution in [0, 0.1) is 5.82 Å². The molecule has 5 heteroatoms. The average molecular weight is 271 g/mol. The fourth-order valence-corrected chi connectivity index (χ4v) is 3.85. The van der Waals surface area contributed by atoms with Gasteiger partial charge in [-0.25, -0.2) is 12.8 Å². The molecule has 1 aliphatic rings. The van der Waals surface area contributed by atoms with Gasteiger partial charge in [-0.3, -0.25) is 4.31 Å². The van der Waals surface area contributed by atoms with E-state index in [2.05, 4.69) is 0 Å². The average Bonchev–Trinajstić information content (AvgIpc) is 2.27. The minimum Gasteiger partial charge on any atom is -0.270 e. The number of hydrogen-bond donors (Lipinski definition) is 0. The Hall–Kier alpha value is -1.10. The van der Waals surface area contributed by atoms with Crippen molar-refractivity contribution in [1.82, 2.24) is 0 Å². The molecule has 0 saturated carbocycles. The first-order valence-electron chi connectivity index (χ1n) is 6.21. The highest BCUT2D eigenvalue weighted by atomic mass is 32.2. The Labute approximate surface area is 108 Å². The SMILES string of the molecule is CC(C)c1ccc(N2CCCCS2(=O)=O)cc1F. The van der Waals surface area contributed by atoms with Crippen molar-refractivity contribution in [1.29, 1.82) is 0 Å². The van der Waals surface area contributed by atoms with Crippen molar-refractivity contribution in [2.45, 2.75) is 32.6 Å². The molecule has 0 amide bonds. The van der Waals surface area contributed by atoms with Crippen LogP contribution in [0.3, 0.4) is 0 Å². The predicted octanol–water partition coefficient (Wildman–Crippen LogP) is 2.88. The van der Waals surface area contributed by atoms with Crippen molar-refractivity contribution >= 4 is 15.7 Å². The Bertz CT molecular complexity index is 540. The van der Waals surface area contributed by atoms with Gasteiger partial charge in [0, 0.05) is 6.54 Å². The van der Waals surface area contributed by atoms with E-state index >= 15 is 0 Å². The molecule has 0 atom stereocenters. The topological polar surface area (TPSA) is 37.4 Å². The normalized spacial score (nSPS) is 19.2. The van der Waals surface area contributed by atoms with Gasteiger partial charge in [0.05, 0.1) is 11.4 Å². The van der Waals surface area contributed by atoms with Crippen molar-refractivity contribution < 1.29 is 12.8 Å². The number of nitrogens with zero attached hydrogens (tertiary/aromatic N) is 1. The number of sulfonamides is 1. The third-order valence-corrected chi connectivity index (χ3v) is 5.11. The van der Waals surface area contributed by atoms with Crippen LogP contribution in [0.1, 0.15) is 38.2 Å². The quantitative estimate of drug-likeness (QED) is 0.829. The van der Waals surface area contributed by atoms with Crippen molar-refractivity contribution in [3.05, 3.63) is 29.6 Å². The molecular formula is C13H18FNO2S. The molecular weight excluding hydrogens is 253 g/mol. The summed E-state index contributed by atoms with van der Waals surface area (Å²) in [6.07, 6.45) is 1.51. The molecule has 1 saturated heterocycles. The molecule has 0 N–H and O–H groups in total. The Kier molecular flexibility index (Phi) is 3.61. The molecule has 1 aliphatic heterocycles. The highest BCUT2D eigenvalue weighted by Crippen LogP contribution is 2.27. The Morgan fingerprint density at radius 3 is 2.56 bits per heavy atom. The first kappa shape index (κ1) is 13.3. The highest BCUT2D eigenvalue weighted by molar-refractivity contribution is 7.92. The van der Waals surface area contributed by atoms with Crippen LogP contribution in [0.4, 0.5) is 10.1 Å². The summed E-state index contributed by atoms with van der Waals surface area (Å²) < 4.78 is 39.0. The number of anilines is 1. The summed E-state index contributed by atoms with van der Waals surface area (Å²) >= 11 is 0. The zero-order chi connectivity index (χ0) is 13.3. The summed E-state index contributed by atoms with van der Waals surface area (Å²) in [6, 6.07) is 4.71. The van der Waals surface area contributed by atoms with Gasteiger partial charge in [0.1, 0.15) is 5.82 Å². The van der Waals surface area contributed by atoms with E-state index in [4.69, 9.17) is 0 Å². The Morgan fingerprint density at radius 1 is 1.28 bits per heavy atom. The van der Waals surface area contributed by atoms with Gasteiger partial charge >= 0.3 is 0 Å². The van der Waals surface area contributed by atoms with Gasteiger partial charge in [-0.1, -0.05) is 19.9 Å². The summed E-state index contributed by atoms with van der Waals surface area (Å²) in [6.45, 7) is 4.27. The van der Waals surface area contributed by atoms with E-state index < -0.39 is 10.0 Å². The van der Waals surface area contributed by atoms with Crippen LogP contribution < -0.4 is 4.31 Å². The number of hydrogen-bond acceptors (Lipinski definition) is 2. The zero-order valence-corrected chi connectivity index (χ0v) is 11.5. The lowest BCUT2D eigenvalue weighted by Gasteiger charge is -2.28. The van der Waals surface area contributed by atoms with E-state index in [9.17, 15) is 12.8 Å². The van der Waals surface area contributed by atoms with Gasteiger partial charge in [-0.2, -0.15) is 0 Å². The molecule has 0 bridgehead atoms. The second kappa shape index (κ2) is 4.88. The van der Waals surface area contributed by atoms with E-state index in [0.29, 0.717) is 24.2 Å². The molecule has 18 heavy (non-hydrogen) atoms. The van der Waals surface area contributed by atoms with Crippen molar-refractivity contribution in [2.75, 3.05) is 16.6 Å². The van der Waals surface area contributed by atoms with Crippen LogP contribution in [0.15, 0.2) is 18.2 Å². The van der Waals surface area contributed by atoms with Crippen LogP contribution in [0.2, 0.25) is 0 Å². The first-order valence-corrected chi connectivity index (χ1v) is 7.82. The van der Waals surface area contributed by atoms with E-state index in [1.54, 1.807) is 12.1 Å². The fourth-order valence-electron chi connectivity index (χ4n) is 2.22. The van der Waals surface area contributed by atoms with Crippen LogP contribution in [0.25, 0.3) is 0 Å². The molecule has 1 aromatic rings. The Morgan fingerprint density at radius 2 is 2.00 bits per heavy atom. The van der Waals surface area contributed by atoms with E-state index in [1.807, 2.05) is 13.8 Å². The maximum absolute atomic E-state index is 13.9. The summed E-state index contributed by atoms with van der Waals surface area (Å²) in [5, 5.41) is 0. The van der Waals surface area contributed by atoms with Gasteiger partial charge in [0.15, 0.2) is 0 Å². The Balaban J connectivity index is 2.37. The van der Waals surface area contributed by atoms with Gasteiger partial charge < -0.3 is 0 Å². The highest BCUT2D eigenvalue weighted by Gasteiger charge is 2.26. The largest absolute Gasteiger partial charge is 0.270 e. The predicted molar refractivity (Wildman–Crippen MR) is 70.9 cm³/mol. The van der Waals surface area contributed by atoms with E-state index in [1.165, 1.54) is 10.4 Å². The van der Waals surface area contributed by atoms with Gasteiger partial charge in [-0.15, -0.1) is 0 Å². The molecule has 0 spiro atoms. The van der Waals surface area contributed by atoms with Crippen LogP contribution >= 0.6 is 0 Å². The number of halogens is 1. The number of rotatable bonds is 2. The molecule has 1 fully saturated rings. The second-order valence-electron chi connectivity index (χ2n) is 4.96. The van der Waals surface area contributed by atoms with E-state index in [-0.39, 0.29) is 17.5 Å². The molecule has 0 aliphatic carbocycles. The van der Waals surface area contributed by atoms with Crippen molar-refractivity contribution in [3.8, 4) is 0 Å². The first-order chi connectivity index (χ1) is 8.42. The molecule has 0 radical (unpaired) electrons. The molecule has 1 aromatic carbocycles. The third-order valence-electron chi connectivity index (χ3n) is 3.24. The standard InChI is InChI=1S/C13H18FNO2S/c1-10(2)12-6-5-11(9-13(12)14)15-7-3-4-8-18(15,16)17/h5-6,9-10H,3-4,7-8H2,1-2H3. The van der Waals surface area contributed by atoms with Crippen LogP contribution in [-0.2, 0) is 10.0 Å². The van der Waals surface area contributed by atoms with Crippen molar-refractivity contribution in [2.24, 2.45) is 0 Å². The lowest BCUT2D eigenvalue weighted by Crippen LogP contribution is -2.37. The maximum Gasteiger partial charge on any atom is 0.235 e. The molecule has 0 aromatic heterocycles. The maximum atomic E-state index is 13.9. The lowest BCUT2D eigenvalue weighted by atomic mass is 10.0. The minimum absolute atomic E-state index is 0.0945.